The molecule has 12 heteroatoms. The van der Waals surface area contributed by atoms with Gasteiger partial charge in [0, 0.05) is 54.6 Å². The summed E-state index contributed by atoms with van der Waals surface area (Å²) in [6, 6.07) is 18.8. The summed E-state index contributed by atoms with van der Waals surface area (Å²) < 4.78 is 29.5. The van der Waals surface area contributed by atoms with Crippen LogP contribution in [0.25, 0.3) is 0 Å². The van der Waals surface area contributed by atoms with Crippen LogP contribution in [0, 0.1) is 0 Å². The van der Waals surface area contributed by atoms with Crippen molar-refractivity contribution in [1.82, 2.24) is 14.7 Å². The fraction of sp³-hybridized carbons (Fsp3) is 0.364. The van der Waals surface area contributed by atoms with Gasteiger partial charge in [-0.15, -0.1) is 0 Å². The Morgan fingerprint density at radius 2 is 1.51 bits per heavy atom. The number of ketones is 1. The van der Waals surface area contributed by atoms with Crippen molar-refractivity contribution in [1.29, 1.82) is 0 Å². The highest BCUT2D eigenvalue weighted by atomic mass is 35.5. The average molecular weight is 672 g/mol. The van der Waals surface area contributed by atoms with Crippen LogP contribution in [-0.4, -0.2) is 92.1 Å². The highest BCUT2D eigenvalue weighted by Crippen LogP contribution is 2.45. The summed E-state index contributed by atoms with van der Waals surface area (Å²) in [5, 5.41) is 1.16. The topological polar surface area (TPSA) is 99.6 Å². The van der Waals surface area contributed by atoms with Gasteiger partial charge in [-0.05, 0) is 61.4 Å². The molecule has 0 radical (unpaired) electrons. The van der Waals surface area contributed by atoms with Crippen LogP contribution < -0.4 is 4.74 Å². The van der Waals surface area contributed by atoms with Crippen molar-refractivity contribution in [3.8, 4) is 5.75 Å². The van der Waals surface area contributed by atoms with Gasteiger partial charge in [-0.2, -0.15) is 0 Å². The lowest BCUT2D eigenvalue weighted by atomic mass is 9.93. The molecule has 0 saturated carbocycles. The van der Waals surface area contributed by atoms with E-state index in [4.69, 9.17) is 32.9 Å². The monoisotopic (exact) mass is 670 g/mol. The third kappa shape index (κ3) is 7.69. The molecule has 0 unspecified atom stereocenters. The number of hydrogen-bond acceptors (Lipinski definition) is 7. The molecular weight excluding hydrogens is 635 g/mol. The lowest BCUT2D eigenvalue weighted by Crippen LogP contribution is -2.54. The second-order valence-electron chi connectivity index (χ2n) is 11.3. The van der Waals surface area contributed by atoms with Gasteiger partial charge < -0.3 is 9.64 Å². The summed E-state index contributed by atoms with van der Waals surface area (Å²) in [4.78, 5) is 37.7. The largest absolute Gasteiger partial charge is 0.493 e. The molecule has 2 atom stereocenters. The van der Waals surface area contributed by atoms with E-state index in [0.29, 0.717) is 72.1 Å². The smallest absolute Gasteiger partial charge is 0.326 e. The van der Waals surface area contributed by atoms with Crippen LogP contribution in [0.1, 0.15) is 53.0 Å². The minimum absolute atomic E-state index is 0.0712. The van der Waals surface area contributed by atoms with Gasteiger partial charge >= 0.3 is 6.03 Å². The van der Waals surface area contributed by atoms with Gasteiger partial charge in [0.25, 0.3) is 0 Å². The van der Waals surface area contributed by atoms with E-state index in [0.717, 1.165) is 11.1 Å². The molecule has 238 valence electrons. The Bertz CT molecular complexity index is 1690. The first-order valence-corrected chi connectivity index (χ1v) is 17.6. The SMILES string of the molecule is CCOc1cc(C(C)=O)ccc1C1=N[C@@H](c2ccc(Cl)cc2)[C@@H](c2ccc(Cl)cc2)N1C(=O)N1CCN(CCS(C)(=O)=O)CC1. The predicted molar refractivity (Wildman–Crippen MR) is 177 cm³/mol. The molecule has 2 aliphatic rings. The summed E-state index contributed by atoms with van der Waals surface area (Å²) in [6.07, 6.45) is 1.23. The molecule has 2 aliphatic heterocycles. The molecule has 3 aromatic carbocycles. The lowest BCUT2D eigenvalue weighted by molar-refractivity contribution is 0.101. The molecule has 0 aliphatic carbocycles. The molecule has 3 aromatic rings. The van der Waals surface area contributed by atoms with Crippen molar-refractivity contribution in [3.05, 3.63) is 99.0 Å². The number of nitrogens with zero attached hydrogens (tertiary/aromatic N) is 4. The van der Waals surface area contributed by atoms with E-state index in [9.17, 15) is 18.0 Å². The number of Topliss-reactive ketones (excluding diaryl/α,β-unsaturated/α-hetero) is 1. The van der Waals surface area contributed by atoms with Gasteiger partial charge in [-0.1, -0.05) is 53.5 Å². The van der Waals surface area contributed by atoms with E-state index in [-0.39, 0.29) is 17.6 Å². The summed E-state index contributed by atoms with van der Waals surface area (Å²) in [5.74, 6) is 0.856. The van der Waals surface area contributed by atoms with E-state index < -0.39 is 21.9 Å². The molecule has 1 fully saturated rings. The van der Waals surface area contributed by atoms with Crippen molar-refractivity contribution in [2.75, 3.05) is 51.3 Å². The Morgan fingerprint density at radius 3 is 2.07 bits per heavy atom. The first-order chi connectivity index (χ1) is 21.4. The Morgan fingerprint density at radius 1 is 0.911 bits per heavy atom. The number of benzene rings is 3. The van der Waals surface area contributed by atoms with Gasteiger partial charge in [0.15, 0.2) is 5.78 Å². The second-order valence-corrected chi connectivity index (χ2v) is 14.4. The molecule has 2 heterocycles. The zero-order chi connectivity index (χ0) is 32.3. The van der Waals surface area contributed by atoms with Crippen molar-refractivity contribution >= 4 is 50.7 Å². The number of amidine groups is 1. The van der Waals surface area contributed by atoms with Gasteiger partial charge in [0.2, 0.25) is 0 Å². The average Bonchev–Trinajstić information content (AvgIpc) is 3.40. The maximum atomic E-state index is 14.6. The van der Waals surface area contributed by atoms with Crippen molar-refractivity contribution in [2.45, 2.75) is 25.9 Å². The maximum Gasteiger partial charge on any atom is 0.326 e. The Balaban J connectivity index is 1.59. The first-order valence-electron chi connectivity index (χ1n) is 14.8. The zero-order valence-electron chi connectivity index (χ0n) is 25.4. The van der Waals surface area contributed by atoms with Gasteiger partial charge in [0.1, 0.15) is 27.5 Å². The quantitative estimate of drug-likeness (QED) is 0.262. The number of ether oxygens (including phenoxy) is 1. The summed E-state index contributed by atoms with van der Waals surface area (Å²) in [7, 11) is -3.09. The van der Waals surface area contributed by atoms with Crippen LogP contribution in [0.15, 0.2) is 71.7 Å². The van der Waals surface area contributed by atoms with Gasteiger partial charge in [-0.25, -0.2) is 13.2 Å². The highest BCUT2D eigenvalue weighted by Gasteiger charge is 2.45. The van der Waals surface area contributed by atoms with Crippen molar-refractivity contribution < 1.29 is 22.7 Å². The molecule has 1 saturated heterocycles. The highest BCUT2D eigenvalue weighted by molar-refractivity contribution is 7.90. The lowest BCUT2D eigenvalue weighted by Gasteiger charge is -2.39. The van der Waals surface area contributed by atoms with Crippen molar-refractivity contribution in [2.24, 2.45) is 4.99 Å². The third-order valence-electron chi connectivity index (χ3n) is 8.05. The molecule has 0 bridgehead atoms. The molecule has 0 N–H and O–H groups in total. The number of rotatable bonds is 9. The Kier molecular flexibility index (Phi) is 10.2. The van der Waals surface area contributed by atoms with Crippen LogP contribution in [0.4, 0.5) is 4.79 Å². The predicted octanol–water partition coefficient (Wildman–Crippen LogP) is 5.92. The molecule has 2 amide bonds. The number of amides is 2. The maximum absolute atomic E-state index is 14.6. The molecule has 5 rings (SSSR count). The molecule has 0 spiro atoms. The number of urea groups is 1. The summed E-state index contributed by atoms with van der Waals surface area (Å²) in [5.41, 5.74) is 2.80. The normalized spacial score (nSPS) is 19.0. The third-order valence-corrected chi connectivity index (χ3v) is 9.47. The number of carbonyl (C=O) groups excluding carboxylic acids is 2. The number of carbonyl (C=O) groups is 2. The molecule has 0 aromatic heterocycles. The number of aliphatic imine (C=N–C) groups is 1. The number of sulfone groups is 1. The standard InChI is InChI=1S/C33H36Cl2N4O5S/c1-4-44-29-21-25(22(2)40)9-14-28(29)32-36-30(23-5-10-26(34)11-6-23)31(24-7-12-27(35)13-8-24)39(32)33(41)38-17-15-37(16-18-38)19-20-45(3,42)43/h5-14,21,30-31H,4,15-20H2,1-3H3/t30-,31+/m0/s1. The Hall–Kier alpha value is -3.44. The minimum Gasteiger partial charge on any atom is -0.493 e. The first kappa shape index (κ1) is 32.9. The van der Waals surface area contributed by atoms with Crippen LogP contribution in [0.3, 0.4) is 0 Å². The fourth-order valence-corrected chi connectivity index (χ4v) is 6.51. The van der Waals surface area contributed by atoms with E-state index >= 15 is 0 Å². The molecule has 9 nitrogen and oxygen atoms in total. The number of hydrogen-bond donors (Lipinski definition) is 0. The molecule has 45 heavy (non-hydrogen) atoms. The van der Waals surface area contributed by atoms with Crippen LogP contribution in [-0.2, 0) is 9.84 Å². The van der Waals surface area contributed by atoms with Gasteiger partial charge in [0.05, 0.1) is 24.0 Å². The van der Waals surface area contributed by atoms with E-state index in [1.54, 1.807) is 52.3 Å². The van der Waals surface area contributed by atoms with Gasteiger partial charge in [-0.3, -0.25) is 19.6 Å². The number of halogens is 2. The summed E-state index contributed by atoms with van der Waals surface area (Å²) >= 11 is 12.5. The second kappa shape index (κ2) is 13.9. The minimum atomic E-state index is -3.09. The van der Waals surface area contributed by atoms with Crippen LogP contribution in [0.5, 0.6) is 5.75 Å². The van der Waals surface area contributed by atoms with Crippen molar-refractivity contribution in [3.63, 3.8) is 0 Å². The zero-order valence-corrected chi connectivity index (χ0v) is 27.8. The van der Waals surface area contributed by atoms with Crippen LogP contribution in [0.2, 0.25) is 10.0 Å². The molecular formula is C33H36Cl2N4O5S. The van der Waals surface area contributed by atoms with E-state index in [1.165, 1.54) is 13.2 Å². The van der Waals surface area contributed by atoms with Crippen LogP contribution >= 0.6 is 23.2 Å². The van der Waals surface area contributed by atoms with E-state index in [1.807, 2.05) is 31.2 Å². The number of piperazine rings is 1. The summed E-state index contributed by atoms with van der Waals surface area (Å²) in [6.45, 7) is 6.07. The van der Waals surface area contributed by atoms with E-state index in [2.05, 4.69) is 4.90 Å². The fourth-order valence-electron chi connectivity index (χ4n) is 5.67. The Labute approximate surface area is 274 Å².